The van der Waals surface area contributed by atoms with E-state index in [2.05, 4.69) is 4.74 Å². The van der Waals surface area contributed by atoms with Gasteiger partial charge in [-0.3, -0.25) is 0 Å². The quantitative estimate of drug-likeness (QED) is 0.517. The maximum atomic E-state index is 11.1. The van der Waals surface area contributed by atoms with Gasteiger partial charge >= 0.3 is 5.97 Å². The lowest BCUT2D eigenvalue weighted by Gasteiger charge is -2.19. The number of carbonyl (C=O) groups is 1. The Kier molecular flexibility index (Phi) is 3.84. The van der Waals surface area contributed by atoms with Crippen LogP contribution in [-0.2, 0) is 23.7 Å². The molecule has 1 fully saturated rings. The van der Waals surface area contributed by atoms with Gasteiger partial charge in [0.2, 0.25) is 0 Å². The van der Waals surface area contributed by atoms with Crippen molar-refractivity contribution in [2.24, 2.45) is 0 Å². The summed E-state index contributed by atoms with van der Waals surface area (Å²) >= 11 is 0. The molecule has 1 aliphatic heterocycles. The van der Waals surface area contributed by atoms with Crippen molar-refractivity contribution in [3.8, 4) is 0 Å². The molecule has 2 atom stereocenters. The standard InChI is InChI=1S/C10H16O5/c1-7(9(11)12-3)5-8-6-14-10(2,13-4)15-8/h5,8H,6H2,1-4H3. The van der Waals surface area contributed by atoms with E-state index < -0.39 is 5.97 Å². The van der Waals surface area contributed by atoms with Gasteiger partial charge in [0.1, 0.15) is 6.10 Å². The first kappa shape index (κ1) is 12.2. The Labute approximate surface area is 88.9 Å². The molecule has 0 N–H and O–H groups in total. The topological polar surface area (TPSA) is 54.0 Å². The molecule has 0 aromatic carbocycles. The molecule has 0 aromatic rings. The van der Waals surface area contributed by atoms with Crippen LogP contribution in [0.1, 0.15) is 13.8 Å². The molecule has 1 aliphatic rings. The van der Waals surface area contributed by atoms with Crippen LogP contribution in [0.2, 0.25) is 0 Å². The summed E-state index contributed by atoms with van der Waals surface area (Å²) in [6.07, 6.45) is 1.38. The van der Waals surface area contributed by atoms with Crippen LogP contribution in [0.5, 0.6) is 0 Å². The van der Waals surface area contributed by atoms with Gasteiger partial charge in [0.15, 0.2) is 0 Å². The smallest absolute Gasteiger partial charge is 0.333 e. The summed E-state index contributed by atoms with van der Waals surface area (Å²) in [5, 5.41) is 0. The lowest BCUT2D eigenvalue weighted by molar-refractivity contribution is -0.310. The zero-order valence-electron chi connectivity index (χ0n) is 9.40. The molecule has 1 rings (SSSR count). The second-order valence-corrected chi connectivity index (χ2v) is 3.38. The first-order valence-electron chi connectivity index (χ1n) is 4.64. The molecule has 0 saturated carbocycles. The Morgan fingerprint density at radius 2 is 2.20 bits per heavy atom. The maximum absolute atomic E-state index is 11.1. The van der Waals surface area contributed by atoms with Crippen LogP contribution in [0.4, 0.5) is 0 Å². The fraction of sp³-hybridized carbons (Fsp3) is 0.700. The summed E-state index contributed by atoms with van der Waals surface area (Å²) < 4.78 is 20.3. The first-order valence-corrected chi connectivity index (χ1v) is 4.64. The number of carbonyl (C=O) groups excluding carboxylic acids is 1. The summed E-state index contributed by atoms with van der Waals surface area (Å²) in [6, 6.07) is 0. The SMILES string of the molecule is COC(=O)C(C)=CC1COC(C)(OC)O1. The van der Waals surface area contributed by atoms with E-state index in [-0.39, 0.29) is 12.1 Å². The third-order valence-electron chi connectivity index (χ3n) is 2.19. The minimum absolute atomic E-state index is 0.283. The Balaban J connectivity index is 2.59. The van der Waals surface area contributed by atoms with Crippen molar-refractivity contribution in [1.29, 1.82) is 0 Å². The van der Waals surface area contributed by atoms with Crippen molar-refractivity contribution in [3.63, 3.8) is 0 Å². The fourth-order valence-corrected chi connectivity index (χ4v) is 1.27. The highest BCUT2D eigenvalue weighted by molar-refractivity contribution is 5.87. The van der Waals surface area contributed by atoms with Crippen molar-refractivity contribution in [2.75, 3.05) is 20.8 Å². The van der Waals surface area contributed by atoms with Gasteiger partial charge in [-0.05, 0) is 13.0 Å². The molecule has 86 valence electrons. The van der Waals surface area contributed by atoms with Crippen LogP contribution in [0.3, 0.4) is 0 Å². The Bertz CT molecular complexity index is 273. The predicted octanol–water partition coefficient (Wildman–Crippen LogP) is 0.841. The molecule has 1 heterocycles. The van der Waals surface area contributed by atoms with Crippen molar-refractivity contribution in [1.82, 2.24) is 0 Å². The second kappa shape index (κ2) is 4.74. The van der Waals surface area contributed by atoms with Crippen molar-refractivity contribution >= 4 is 5.97 Å². The lowest BCUT2D eigenvalue weighted by atomic mass is 10.2. The highest BCUT2D eigenvalue weighted by atomic mass is 16.9. The Morgan fingerprint density at radius 3 is 2.67 bits per heavy atom. The summed E-state index contributed by atoms with van der Waals surface area (Å²) in [6.45, 7) is 3.70. The molecule has 5 heteroatoms. The van der Waals surface area contributed by atoms with Crippen LogP contribution in [0.25, 0.3) is 0 Å². The number of hydrogen-bond acceptors (Lipinski definition) is 5. The fourth-order valence-electron chi connectivity index (χ4n) is 1.27. The number of esters is 1. The van der Waals surface area contributed by atoms with Crippen LogP contribution in [-0.4, -0.2) is 38.9 Å². The molecular weight excluding hydrogens is 200 g/mol. The van der Waals surface area contributed by atoms with Crippen molar-refractivity contribution in [3.05, 3.63) is 11.6 Å². The largest absolute Gasteiger partial charge is 0.466 e. The monoisotopic (exact) mass is 216 g/mol. The van der Waals surface area contributed by atoms with E-state index in [1.54, 1.807) is 19.9 Å². The molecule has 0 aliphatic carbocycles. The minimum atomic E-state index is -1.02. The average molecular weight is 216 g/mol. The van der Waals surface area contributed by atoms with Gasteiger partial charge in [0, 0.05) is 19.6 Å². The molecule has 0 bridgehead atoms. The summed E-state index contributed by atoms with van der Waals surface area (Å²) in [7, 11) is 2.84. The molecule has 0 spiro atoms. The second-order valence-electron chi connectivity index (χ2n) is 3.38. The summed E-state index contributed by atoms with van der Waals surface area (Å²) in [5.74, 6) is -1.39. The Hall–Kier alpha value is -0.910. The zero-order valence-corrected chi connectivity index (χ0v) is 9.40. The highest BCUT2D eigenvalue weighted by Crippen LogP contribution is 2.24. The number of methoxy groups -OCH3 is 2. The molecule has 0 amide bonds. The van der Waals surface area contributed by atoms with Gasteiger partial charge in [0.25, 0.3) is 5.97 Å². The highest BCUT2D eigenvalue weighted by Gasteiger charge is 2.36. The third-order valence-corrected chi connectivity index (χ3v) is 2.19. The molecule has 15 heavy (non-hydrogen) atoms. The normalized spacial score (nSPS) is 31.7. The van der Waals surface area contributed by atoms with E-state index in [0.29, 0.717) is 12.2 Å². The zero-order chi connectivity index (χ0) is 11.5. The van der Waals surface area contributed by atoms with Gasteiger partial charge in [-0.2, -0.15) is 0 Å². The molecule has 1 saturated heterocycles. The minimum Gasteiger partial charge on any atom is -0.466 e. The van der Waals surface area contributed by atoms with Crippen LogP contribution in [0, 0.1) is 0 Å². The van der Waals surface area contributed by atoms with E-state index in [1.807, 2.05) is 0 Å². The van der Waals surface area contributed by atoms with Gasteiger partial charge < -0.3 is 18.9 Å². The number of rotatable bonds is 3. The average Bonchev–Trinajstić information content (AvgIpc) is 2.60. The third kappa shape index (κ3) is 3.02. The molecule has 0 aromatic heterocycles. The maximum Gasteiger partial charge on any atom is 0.333 e. The van der Waals surface area contributed by atoms with Gasteiger partial charge in [-0.25, -0.2) is 4.79 Å². The Morgan fingerprint density at radius 1 is 1.53 bits per heavy atom. The van der Waals surface area contributed by atoms with E-state index in [0.717, 1.165) is 0 Å². The van der Waals surface area contributed by atoms with E-state index >= 15 is 0 Å². The van der Waals surface area contributed by atoms with Gasteiger partial charge in [0.05, 0.1) is 13.7 Å². The molecule has 5 nitrogen and oxygen atoms in total. The number of hydrogen-bond donors (Lipinski definition) is 0. The van der Waals surface area contributed by atoms with Crippen LogP contribution < -0.4 is 0 Å². The molecule has 0 radical (unpaired) electrons. The van der Waals surface area contributed by atoms with E-state index in [1.165, 1.54) is 14.2 Å². The number of ether oxygens (including phenoxy) is 4. The first-order chi connectivity index (χ1) is 7.00. The van der Waals surface area contributed by atoms with E-state index in [4.69, 9.17) is 14.2 Å². The van der Waals surface area contributed by atoms with Crippen molar-refractivity contribution in [2.45, 2.75) is 25.9 Å². The summed E-state index contributed by atoms with van der Waals surface area (Å²) in [4.78, 5) is 11.1. The predicted molar refractivity (Wildman–Crippen MR) is 52.0 cm³/mol. The lowest BCUT2D eigenvalue weighted by Crippen LogP contribution is -2.28. The van der Waals surface area contributed by atoms with Gasteiger partial charge in [-0.1, -0.05) is 0 Å². The van der Waals surface area contributed by atoms with Gasteiger partial charge in [-0.15, -0.1) is 0 Å². The van der Waals surface area contributed by atoms with E-state index in [9.17, 15) is 4.79 Å². The molecule has 2 unspecified atom stereocenters. The van der Waals surface area contributed by atoms with Crippen molar-refractivity contribution < 1.29 is 23.7 Å². The molecular formula is C10H16O5. The van der Waals surface area contributed by atoms with Crippen LogP contribution >= 0.6 is 0 Å². The van der Waals surface area contributed by atoms with Crippen LogP contribution in [0.15, 0.2) is 11.6 Å². The summed E-state index contributed by atoms with van der Waals surface area (Å²) in [5.41, 5.74) is 0.492.